The van der Waals surface area contributed by atoms with Gasteiger partial charge in [-0.2, -0.15) is 0 Å². The summed E-state index contributed by atoms with van der Waals surface area (Å²) in [6, 6.07) is 8.18. The van der Waals surface area contributed by atoms with Crippen molar-refractivity contribution in [1.29, 1.82) is 0 Å². The summed E-state index contributed by atoms with van der Waals surface area (Å²) >= 11 is 0. The van der Waals surface area contributed by atoms with Crippen LogP contribution in [0.2, 0.25) is 0 Å². The Morgan fingerprint density at radius 1 is 1.21 bits per heavy atom. The van der Waals surface area contributed by atoms with Crippen molar-refractivity contribution in [2.75, 3.05) is 33.4 Å². The fourth-order valence-electron chi connectivity index (χ4n) is 2.96. The second-order valence-electron chi connectivity index (χ2n) is 6.10. The molecule has 0 aromatic heterocycles. The van der Waals surface area contributed by atoms with Crippen LogP contribution in [0.5, 0.6) is 0 Å². The molecule has 1 fully saturated rings. The van der Waals surface area contributed by atoms with Crippen molar-refractivity contribution in [1.82, 2.24) is 10.6 Å². The second kappa shape index (κ2) is 10.7. The van der Waals surface area contributed by atoms with Gasteiger partial charge in [0.15, 0.2) is 0 Å². The molecule has 136 valence electrons. The number of hydrogen-bond donors (Lipinski definition) is 2. The van der Waals surface area contributed by atoms with Gasteiger partial charge in [-0.25, -0.2) is 0 Å². The molecular formula is C18H29ClN2O3. The van der Waals surface area contributed by atoms with Crippen LogP contribution in [0.15, 0.2) is 24.3 Å². The van der Waals surface area contributed by atoms with E-state index in [2.05, 4.69) is 10.6 Å². The van der Waals surface area contributed by atoms with Crippen LogP contribution in [-0.4, -0.2) is 39.3 Å². The van der Waals surface area contributed by atoms with Crippen LogP contribution in [0.1, 0.15) is 30.9 Å². The Labute approximate surface area is 150 Å². The minimum atomic E-state index is -0.394. The summed E-state index contributed by atoms with van der Waals surface area (Å²) in [5, 5.41) is 6.38. The van der Waals surface area contributed by atoms with Crippen molar-refractivity contribution < 1.29 is 14.3 Å². The molecule has 1 amide bonds. The van der Waals surface area contributed by atoms with Crippen LogP contribution in [-0.2, 0) is 27.4 Å². The highest BCUT2D eigenvalue weighted by Crippen LogP contribution is 2.29. The summed E-state index contributed by atoms with van der Waals surface area (Å²) in [7, 11) is 1.66. The molecule has 24 heavy (non-hydrogen) atoms. The van der Waals surface area contributed by atoms with Gasteiger partial charge in [-0.15, -0.1) is 12.4 Å². The SMILES string of the molecule is CCOCc1ccc(CNC(=O)C2(COC)CCNCC2)cc1.Cl. The lowest BCUT2D eigenvalue weighted by molar-refractivity contribution is -0.136. The minimum Gasteiger partial charge on any atom is -0.384 e. The third kappa shape index (κ3) is 5.74. The molecule has 1 aromatic rings. The first-order valence-corrected chi connectivity index (χ1v) is 8.34. The molecule has 6 heteroatoms. The maximum absolute atomic E-state index is 12.7. The van der Waals surface area contributed by atoms with Gasteiger partial charge >= 0.3 is 0 Å². The Morgan fingerprint density at radius 3 is 2.42 bits per heavy atom. The fourth-order valence-corrected chi connectivity index (χ4v) is 2.96. The summed E-state index contributed by atoms with van der Waals surface area (Å²) in [4.78, 5) is 12.7. The molecule has 0 radical (unpaired) electrons. The highest BCUT2D eigenvalue weighted by Gasteiger charge is 2.39. The lowest BCUT2D eigenvalue weighted by Gasteiger charge is -2.35. The number of methoxy groups -OCH3 is 1. The number of ether oxygens (including phenoxy) is 2. The molecule has 0 bridgehead atoms. The predicted molar refractivity (Wildman–Crippen MR) is 97.3 cm³/mol. The standard InChI is InChI=1S/C18H28N2O3.ClH/c1-3-23-13-16-6-4-15(5-7-16)12-20-17(21)18(14-22-2)8-10-19-11-9-18;/h4-7,19H,3,8-14H2,1-2H3,(H,20,21);1H. The number of nitrogens with one attached hydrogen (secondary N) is 2. The summed E-state index contributed by atoms with van der Waals surface area (Å²) in [6.45, 7) is 6.09. The average Bonchev–Trinajstić information content (AvgIpc) is 2.60. The zero-order valence-electron chi connectivity index (χ0n) is 14.6. The van der Waals surface area contributed by atoms with E-state index in [0.29, 0.717) is 26.4 Å². The normalized spacial score (nSPS) is 16.2. The Hall–Kier alpha value is -1.14. The van der Waals surface area contributed by atoms with E-state index < -0.39 is 5.41 Å². The van der Waals surface area contributed by atoms with Gasteiger partial charge in [0.1, 0.15) is 0 Å². The van der Waals surface area contributed by atoms with Crippen molar-refractivity contribution in [3.63, 3.8) is 0 Å². The molecule has 1 aliphatic rings. The number of piperidine rings is 1. The van der Waals surface area contributed by atoms with E-state index in [1.807, 2.05) is 31.2 Å². The number of carbonyl (C=O) groups is 1. The third-order valence-electron chi connectivity index (χ3n) is 4.41. The van der Waals surface area contributed by atoms with E-state index in [0.717, 1.165) is 37.1 Å². The highest BCUT2D eigenvalue weighted by atomic mass is 35.5. The maximum Gasteiger partial charge on any atom is 0.228 e. The van der Waals surface area contributed by atoms with Crippen LogP contribution < -0.4 is 10.6 Å². The zero-order chi connectivity index (χ0) is 16.5. The first-order valence-electron chi connectivity index (χ1n) is 8.34. The lowest BCUT2D eigenvalue weighted by Crippen LogP contribution is -2.49. The Kier molecular flexibility index (Phi) is 9.29. The molecule has 1 heterocycles. The third-order valence-corrected chi connectivity index (χ3v) is 4.41. The first-order chi connectivity index (χ1) is 11.2. The maximum atomic E-state index is 12.7. The minimum absolute atomic E-state index is 0. The number of amides is 1. The molecule has 1 saturated heterocycles. The van der Waals surface area contributed by atoms with Crippen molar-refractivity contribution in [2.24, 2.45) is 5.41 Å². The number of rotatable bonds is 8. The number of hydrogen-bond acceptors (Lipinski definition) is 4. The second-order valence-corrected chi connectivity index (χ2v) is 6.10. The summed E-state index contributed by atoms with van der Waals surface area (Å²) in [6.07, 6.45) is 1.64. The quantitative estimate of drug-likeness (QED) is 0.750. The van der Waals surface area contributed by atoms with E-state index in [9.17, 15) is 4.79 Å². The van der Waals surface area contributed by atoms with Gasteiger partial charge in [-0.3, -0.25) is 4.79 Å². The van der Waals surface area contributed by atoms with Crippen molar-refractivity contribution in [2.45, 2.75) is 32.9 Å². The van der Waals surface area contributed by atoms with Gasteiger partial charge in [0.25, 0.3) is 0 Å². The average molecular weight is 357 g/mol. The van der Waals surface area contributed by atoms with E-state index in [-0.39, 0.29) is 18.3 Å². The Morgan fingerprint density at radius 2 is 1.83 bits per heavy atom. The number of carbonyl (C=O) groups excluding carboxylic acids is 1. The molecule has 0 saturated carbocycles. The van der Waals surface area contributed by atoms with Crippen LogP contribution in [0.25, 0.3) is 0 Å². The zero-order valence-corrected chi connectivity index (χ0v) is 15.4. The van der Waals surface area contributed by atoms with Gasteiger partial charge in [0.05, 0.1) is 18.6 Å². The lowest BCUT2D eigenvalue weighted by atomic mass is 9.78. The fraction of sp³-hybridized carbons (Fsp3) is 0.611. The number of halogens is 1. The first kappa shape index (κ1) is 20.9. The van der Waals surface area contributed by atoms with E-state index in [1.165, 1.54) is 0 Å². The molecule has 0 spiro atoms. The van der Waals surface area contributed by atoms with Crippen LogP contribution >= 0.6 is 12.4 Å². The van der Waals surface area contributed by atoms with E-state index in [4.69, 9.17) is 9.47 Å². The summed E-state index contributed by atoms with van der Waals surface area (Å²) in [5.41, 5.74) is 1.85. The molecule has 5 nitrogen and oxygen atoms in total. The van der Waals surface area contributed by atoms with E-state index in [1.54, 1.807) is 7.11 Å². The van der Waals surface area contributed by atoms with Gasteiger partial charge in [0, 0.05) is 20.3 Å². The summed E-state index contributed by atoms with van der Waals surface area (Å²) in [5.74, 6) is 0.0965. The van der Waals surface area contributed by atoms with Crippen molar-refractivity contribution >= 4 is 18.3 Å². The van der Waals surface area contributed by atoms with Crippen LogP contribution in [0.4, 0.5) is 0 Å². The molecule has 0 atom stereocenters. The monoisotopic (exact) mass is 356 g/mol. The number of benzene rings is 1. The Bertz CT molecular complexity index is 482. The van der Waals surface area contributed by atoms with Gasteiger partial charge in [0.2, 0.25) is 5.91 Å². The van der Waals surface area contributed by atoms with Crippen LogP contribution in [0, 0.1) is 5.41 Å². The molecule has 2 N–H and O–H groups in total. The summed E-state index contributed by atoms with van der Waals surface area (Å²) < 4.78 is 10.7. The van der Waals surface area contributed by atoms with Gasteiger partial charge < -0.3 is 20.1 Å². The molecule has 0 aliphatic carbocycles. The molecule has 2 rings (SSSR count). The molecule has 1 aliphatic heterocycles. The van der Waals surface area contributed by atoms with Crippen molar-refractivity contribution in [3.8, 4) is 0 Å². The molecule has 1 aromatic carbocycles. The van der Waals surface area contributed by atoms with Crippen molar-refractivity contribution in [3.05, 3.63) is 35.4 Å². The largest absolute Gasteiger partial charge is 0.384 e. The molecular weight excluding hydrogens is 328 g/mol. The van der Waals surface area contributed by atoms with Gasteiger partial charge in [-0.1, -0.05) is 24.3 Å². The Balaban J connectivity index is 0.00000288. The molecule has 0 unspecified atom stereocenters. The smallest absolute Gasteiger partial charge is 0.228 e. The predicted octanol–water partition coefficient (Wildman–Crippen LogP) is 2.28. The topological polar surface area (TPSA) is 59.6 Å². The van der Waals surface area contributed by atoms with Gasteiger partial charge in [-0.05, 0) is 44.0 Å². The highest BCUT2D eigenvalue weighted by molar-refractivity contribution is 5.85. The van der Waals surface area contributed by atoms with E-state index >= 15 is 0 Å². The van der Waals surface area contributed by atoms with Crippen LogP contribution in [0.3, 0.4) is 0 Å².